The van der Waals surface area contributed by atoms with Gasteiger partial charge >= 0.3 is 6.03 Å². The number of para-hydroxylation sites is 1. The number of morpholine rings is 1. The van der Waals surface area contributed by atoms with Crippen LogP contribution in [0.15, 0.2) is 18.2 Å². The molecule has 0 aromatic heterocycles. The maximum atomic E-state index is 12.4. The van der Waals surface area contributed by atoms with Crippen LogP contribution in [0.4, 0.5) is 10.5 Å². The molecule has 6 heteroatoms. The molecule has 1 atom stereocenters. The number of rotatable bonds is 7. The van der Waals surface area contributed by atoms with Gasteiger partial charge in [0, 0.05) is 31.9 Å². The first-order valence-corrected chi connectivity index (χ1v) is 9.54. The number of benzene rings is 1. The fourth-order valence-electron chi connectivity index (χ4n) is 3.21. The molecule has 0 saturated carbocycles. The number of nitrogens with one attached hydrogen (secondary N) is 2. The van der Waals surface area contributed by atoms with E-state index in [9.17, 15) is 9.90 Å². The van der Waals surface area contributed by atoms with Crippen molar-refractivity contribution in [2.45, 2.75) is 45.6 Å². The minimum Gasteiger partial charge on any atom is -0.390 e. The van der Waals surface area contributed by atoms with Gasteiger partial charge in [0.05, 0.1) is 19.3 Å². The van der Waals surface area contributed by atoms with E-state index >= 15 is 0 Å². The molecule has 2 amide bonds. The van der Waals surface area contributed by atoms with Crippen LogP contribution in [0.2, 0.25) is 0 Å². The minimum absolute atomic E-state index is 0.226. The second kappa shape index (κ2) is 9.90. The van der Waals surface area contributed by atoms with Crippen molar-refractivity contribution < 1.29 is 14.6 Å². The molecule has 2 rings (SSSR count). The third-order valence-electron chi connectivity index (χ3n) is 4.68. The van der Waals surface area contributed by atoms with Crippen molar-refractivity contribution in [1.29, 1.82) is 0 Å². The number of urea groups is 1. The molecule has 0 spiro atoms. The molecule has 1 fully saturated rings. The van der Waals surface area contributed by atoms with E-state index in [0.717, 1.165) is 29.9 Å². The van der Waals surface area contributed by atoms with Crippen LogP contribution in [0.1, 0.15) is 50.7 Å². The third-order valence-corrected chi connectivity index (χ3v) is 4.68. The first kappa shape index (κ1) is 20.7. The van der Waals surface area contributed by atoms with E-state index in [-0.39, 0.29) is 12.6 Å². The maximum absolute atomic E-state index is 12.4. The Morgan fingerprint density at radius 3 is 2.27 bits per heavy atom. The highest BCUT2D eigenvalue weighted by molar-refractivity contribution is 5.91. The van der Waals surface area contributed by atoms with E-state index < -0.39 is 6.10 Å². The van der Waals surface area contributed by atoms with Crippen molar-refractivity contribution in [1.82, 2.24) is 10.2 Å². The Kier molecular flexibility index (Phi) is 7.87. The average molecular weight is 364 g/mol. The van der Waals surface area contributed by atoms with Gasteiger partial charge in [-0.15, -0.1) is 0 Å². The summed E-state index contributed by atoms with van der Waals surface area (Å²) < 4.78 is 5.30. The van der Waals surface area contributed by atoms with Gasteiger partial charge in [-0.25, -0.2) is 4.79 Å². The Labute approximate surface area is 156 Å². The quantitative estimate of drug-likeness (QED) is 0.696. The Hall–Kier alpha value is -1.63. The zero-order chi connectivity index (χ0) is 19.1. The lowest BCUT2D eigenvalue weighted by molar-refractivity contribution is 0.0154. The summed E-state index contributed by atoms with van der Waals surface area (Å²) >= 11 is 0. The molecule has 1 aliphatic rings. The predicted molar refractivity (Wildman–Crippen MR) is 105 cm³/mol. The van der Waals surface area contributed by atoms with Gasteiger partial charge < -0.3 is 20.5 Å². The molecule has 1 aliphatic heterocycles. The number of hydrogen-bond donors (Lipinski definition) is 3. The Morgan fingerprint density at radius 1 is 1.15 bits per heavy atom. The number of carbonyl (C=O) groups excluding carboxylic acids is 1. The number of ether oxygens (including phenoxy) is 1. The van der Waals surface area contributed by atoms with Crippen LogP contribution in [0, 0.1) is 0 Å². The SMILES string of the molecule is CC(C)c1cccc(C(C)C)c1NC(=O)NCC(O)CN1CCOCC1. The van der Waals surface area contributed by atoms with E-state index in [1.165, 1.54) is 0 Å². The van der Waals surface area contributed by atoms with Crippen LogP contribution >= 0.6 is 0 Å². The first-order valence-electron chi connectivity index (χ1n) is 9.54. The molecule has 1 heterocycles. The van der Waals surface area contributed by atoms with Gasteiger partial charge in [0.25, 0.3) is 0 Å². The summed E-state index contributed by atoms with van der Waals surface area (Å²) in [4.78, 5) is 14.5. The van der Waals surface area contributed by atoms with Crippen molar-refractivity contribution in [2.75, 3.05) is 44.7 Å². The molecule has 1 unspecified atom stereocenters. The van der Waals surface area contributed by atoms with Crippen LogP contribution in [-0.2, 0) is 4.74 Å². The number of amides is 2. The third kappa shape index (κ3) is 5.97. The van der Waals surface area contributed by atoms with Crippen LogP contribution in [-0.4, -0.2) is 61.5 Å². The van der Waals surface area contributed by atoms with Crippen molar-refractivity contribution in [3.63, 3.8) is 0 Å². The monoisotopic (exact) mass is 363 g/mol. The van der Waals surface area contributed by atoms with Gasteiger partial charge in [0.1, 0.15) is 0 Å². The fourth-order valence-corrected chi connectivity index (χ4v) is 3.21. The fraction of sp³-hybridized carbons (Fsp3) is 0.650. The lowest BCUT2D eigenvalue weighted by Gasteiger charge is -2.28. The molecule has 0 radical (unpaired) electrons. The van der Waals surface area contributed by atoms with Gasteiger partial charge in [0.2, 0.25) is 0 Å². The normalized spacial score (nSPS) is 16.7. The summed E-state index contributed by atoms with van der Waals surface area (Å²) in [7, 11) is 0. The summed E-state index contributed by atoms with van der Waals surface area (Å²) in [6, 6.07) is 5.87. The predicted octanol–water partition coefficient (Wildman–Crippen LogP) is 2.75. The number of aliphatic hydroxyl groups is 1. The number of aliphatic hydroxyl groups excluding tert-OH is 1. The molecule has 1 saturated heterocycles. The summed E-state index contributed by atoms with van der Waals surface area (Å²) in [5.74, 6) is 0.631. The Balaban J connectivity index is 1.92. The van der Waals surface area contributed by atoms with E-state index in [1.807, 2.05) is 6.07 Å². The van der Waals surface area contributed by atoms with E-state index in [2.05, 4.69) is 55.4 Å². The highest BCUT2D eigenvalue weighted by Gasteiger charge is 2.18. The minimum atomic E-state index is -0.594. The Morgan fingerprint density at radius 2 is 1.73 bits per heavy atom. The molecular weight excluding hydrogens is 330 g/mol. The summed E-state index contributed by atoms with van der Waals surface area (Å²) in [6.07, 6.45) is -0.594. The van der Waals surface area contributed by atoms with Crippen LogP contribution in [0.5, 0.6) is 0 Å². The van der Waals surface area contributed by atoms with Crippen LogP contribution in [0.3, 0.4) is 0 Å². The van der Waals surface area contributed by atoms with Gasteiger partial charge in [0.15, 0.2) is 0 Å². The zero-order valence-electron chi connectivity index (χ0n) is 16.4. The lowest BCUT2D eigenvalue weighted by Crippen LogP contribution is -2.45. The van der Waals surface area contributed by atoms with Gasteiger partial charge in [-0.1, -0.05) is 45.9 Å². The highest BCUT2D eigenvalue weighted by Crippen LogP contribution is 2.32. The second-order valence-electron chi connectivity index (χ2n) is 7.52. The topological polar surface area (TPSA) is 73.8 Å². The van der Waals surface area contributed by atoms with Crippen LogP contribution < -0.4 is 10.6 Å². The molecule has 26 heavy (non-hydrogen) atoms. The molecule has 146 valence electrons. The zero-order valence-corrected chi connectivity index (χ0v) is 16.4. The van der Waals surface area contributed by atoms with Crippen molar-refractivity contribution in [2.24, 2.45) is 0 Å². The Bertz CT molecular complexity index is 557. The number of nitrogens with zero attached hydrogens (tertiary/aromatic N) is 1. The number of hydrogen-bond acceptors (Lipinski definition) is 4. The first-order chi connectivity index (χ1) is 12.4. The summed E-state index contributed by atoms with van der Waals surface area (Å²) in [5.41, 5.74) is 3.14. The lowest BCUT2D eigenvalue weighted by atomic mass is 9.93. The smallest absolute Gasteiger partial charge is 0.319 e. The molecular formula is C20H33N3O3. The van der Waals surface area contributed by atoms with E-state index in [4.69, 9.17) is 4.74 Å². The van der Waals surface area contributed by atoms with Crippen LogP contribution in [0.25, 0.3) is 0 Å². The molecule has 0 bridgehead atoms. The molecule has 3 N–H and O–H groups in total. The van der Waals surface area contributed by atoms with Gasteiger partial charge in [-0.05, 0) is 23.0 Å². The van der Waals surface area contributed by atoms with Gasteiger partial charge in [-0.2, -0.15) is 0 Å². The number of carbonyl (C=O) groups is 1. The number of anilines is 1. The second-order valence-corrected chi connectivity index (χ2v) is 7.52. The standard InChI is InChI=1S/C20H33N3O3/c1-14(2)17-6-5-7-18(15(3)4)19(17)22-20(25)21-12-16(24)13-23-8-10-26-11-9-23/h5-7,14-16,24H,8-13H2,1-4H3,(H2,21,22,25). The molecule has 0 aliphatic carbocycles. The van der Waals surface area contributed by atoms with E-state index in [0.29, 0.717) is 31.6 Å². The van der Waals surface area contributed by atoms with E-state index in [1.54, 1.807) is 0 Å². The van der Waals surface area contributed by atoms with Crippen molar-refractivity contribution >= 4 is 11.7 Å². The van der Waals surface area contributed by atoms with Gasteiger partial charge in [-0.3, -0.25) is 4.90 Å². The summed E-state index contributed by atoms with van der Waals surface area (Å²) in [5, 5.41) is 16.0. The van der Waals surface area contributed by atoms with Crippen molar-refractivity contribution in [3.05, 3.63) is 29.3 Å². The molecule has 1 aromatic carbocycles. The molecule has 1 aromatic rings. The highest BCUT2D eigenvalue weighted by atomic mass is 16.5. The molecule has 6 nitrogen and oxygen atoms in total. The largest absolute Gasteiger partial charge is 0.390 e. The summed E-state index contributed by atoms with van der Waals surface area (Å²) in [6.45, 7) is 12.3. The number of β-amino-alcohol motifs (C(OH)–C–C–N with tert-alkyl or cyclic N) is 1. The maximum Gasteiger partial charge on any atom is 0.319 e. The average Bonchev–Trinajstić information content (AvgIpc) is 2.60. The van der Waals surface area contributed by atoms with Crippen molar-refractivity contribution in [3.8, 4) is 0 Å².